The molecule has 0 saturated carbocycles. The molecular formula is C23H27N3O2. The smallest absolute Gasteiger partial charge is 0.228 e. The topological polar surface area (TPSA) is 62.3 Å². The number of rotatable bonds is 6. The van der Waals surface area contributed by atoms with Gasteiger partial charge in [0.1, 0.15) is 0 Å². The summed E-state index contributed by atoms with van der Waals surface area (Å²) in [6.45, 7) is 2.22. The van der Waals surface area contributed by atoms with Crippen molar-refractivity contribution in [2.24, 2.45) is 5.41 Å². The maximum atomic E-state index is 13.5. The lowest BCUT2D eigenvalue weighted by Crippen LogP contribution is -2.51. The number of nitrogens with zero attached hydrogens (tertiary/aromatic N) is 2. The Morgan fingerprint density at radius 3 is 2.54 bits per heavy atom. The molecule has 2 fully saturated rings. The predicted molar refractivity (Wildman–Crippen MR) is 107 cm³/mol. The van der Waals surface area contributed by atoms with Crippen LogP contribution in [0.3, 0.4) is 0 Å². The Kier molecular flexibility index (Phi) is 5.16. The molecule has 28 heavy (non-hydrogen) atoms. The van der Waals surface area contributed by atoms with Crippen LogP contribution in [0.1, 0.15) is 37.3 Å². The molecule has 2 aliphatic rings. The van der Waals surface area contributed by atoms with E-state index in [0.29, 0.717) is 13.0 Å². The molecule has 5 heteroatoms. The van der Waals surface area contributed by atoms with Crippen LogP contribution in [0.25, 0.3) is 0 Å². The molecule has 4 rings (SSSR count). The summed E-state index contributed by atoms with van der Waals surface area (Å²) in [4.78, 5) is 31.7. The fraction of sp³-hybridized carbons (Fsp3) is 0.435. The molecule has 2 amide bonds. The minimum atomic E-state index is -0.534. The first-order valence-electron chi connectivity index (χ1n) is 10.1. The Morgan fingerprint density at radius 2 is 1.86 bits per heavy atom. The van der Waals surface area contributed by atoms with Crippen LogP contribution in [0.15, 0.2) is 54.9 Å². The van der Waals surface area contributed by atoms with E-state index in [1.165, 1.54) is 0 Å². The van der Waals surface area contributed by atoms with Crippen molar-refractivity contribution in [3.8, 4) is 0 Å². The Morgan fingerprint density at radius 1 is 1.11 bits per heavy atom. The second kappa shape index (κ2) is 7.74. The van der Waals surface area contributed by atoms with Crippen LogP contribution >= 0.6 is 0 Å². The molecule has 3 heterocycles. The molecule has 1 aromatic heterocycles. The lowest BCUT2D eigenvalue weighted by atomic mass is 9.69. The van der Waals surface area contributed by atoms with Crippen molar-refractivity contribution in [3.05, 3.63) is 66.0 Å². The first kappa shape index (κ1) is 18.7. The molecule has 3 atom stereocenters. The van der Waals surface area contributed by atoms with E-state index in [0.717, 1.165) is 36.8 Å². The van der Waals surface area contributed by atoms with Crippen molar-refractivity contribution in [1.82, 2.24) is 15.2 Å². The van der Waals surface area contributed by atoms with Gasteiger partial charge in [0, 0.05) is 37.9 Å². The zero-order valence-corrected chi connectivity index (χ0v) is 16.3. The van der Waals surface area contributed by atoms with Crippen molar-refractivity contribution in [2.45, 2.75) is 51.1 Å². The Balaban J connectivity index is 1.53. The van der Waals surface area contributed by atoms with E-state index in [2.05, 4.69) is 22.4 Å². The largest absolute Gasteiger partial charge is 0.355 e. The summed E-state index contributed by atoms with van der Waals surface area (Å²) in [6, 6.07) is 14.3. The first-order valence-corrected chi connectivity index (χ1v) is 10.1. The normalized spacial score (nSPS) is 25.7. The number of carbonyl (C=O) groups is 2. The second-order valence-electron chi connectivity index (χ2n) is 8.06. The van der Waals surface area contributed by atoms with Crippen molar-refractivity contribution in [2.75, 3.05) is 6.54 Å². The quantitative estimate of drug-likeness (QED) is 0.842. The minimum Gasteiger partial charge on any atom is -0.355 e. The Labute approximate surface area is 166 Å². The summed E-state index contributed by atoms with van der Waals surface area (Å²) in [5, 5.41) is 3.18. The SMILES string of the molecule is CC(=O)N1[C@H]2CC[C@@H]1[C@](Cc1ccccc1)(C(=O)NCCc1ccncc1)C2. The molecule has 2 aromatic rings. The van der Waals surface area contributed by atoms with Crippen LogP contribution in [0.5, 0.6) is 0 Å². The van der Waals surface area contributed by atoms with Crippen molar-refractivity contribution < 1.29 is 9.59 Å². The third-order valence-electron chi connectivity index (χ3n) is 6.37. The number of carbonyl (C=O) groups excluding carboxylic acids is 2. The maximum Gasteiger partial charge on any atom is 0.228 e. The lowest BCUT2D eigenvalue weighted by molar-refractivity contribution is -0.135. The summed E-state index contributed by atoms with van der Waals surface area (Å²) >= 11 is 0. The fourth-order valence-electron chi connectivity index (χ4n) is 5.18. The number of benzene rings is 1. The fourth-order valence-corrected chi connectivity index (χ4v) is 5.18. The van der Waals surface area contributed by atoms with Gasteiger partial charge in [-0.05, 0) is 55.4 Å². The highest BCUT2D eigenvalue weighted by Gasteiger charge is 2.60. The molecule has 0 spiro atoms. The molecule has 0 radical (unpaired) electrons. The standard InChI is InChI=1S/C23H27N3O2/c1-17(27)26-20-7-8-21(26)23(16-20,15-19-5-3-2-4-6-19)22(28)25-14-11-18-9-12-24-13-10-18/h2-6,9-10,12-13,20-21H,7-8,11,14-16H2,1H3,(H,25,28)/t20-,21+,23+/m0/s1. The van der Waals surface area contributed by atoms with Gasteiger partial charge in [-0.1, -0.05) is 30.3 Å². The summed E-state index contributed by atoms with van der Waals surface area (Å²) in [5.41, 5.74) is 1.78. The number of hydrogen-bond donors (Lipinski definition) is 1. The first-order chi connectivity index (χ1) is 13.6. The van der Waals surface area contributed by atoms with Gasteiger partial charge in [-0.25, -0.2) is 0 Å². The number of hydrogen-bond acceptors (Lipinski definition) is 3. The third-order valence-corrected chi connectivity index (χ3v) is 6.37. The van der Waals surface area contributed by atoms with Crippen molar-refractivity contribution in [1.29, 1.82) is 0 Å². The molecule has 0 unspecified atom stereocenters. The van der Waals surface area contributed by atoms with Crippen molar-refractivity contribution in [3.63, 3.8) is 0 Å². The van der Waals surface area contributed by atoms with Crippen LogP contribution in [-0.2, 0) is 22.4 Å². The predicted octanol–water partition coefficient (Wildman–Crippen LogP) is 2.75. The van der Waals surface area contributed by atoms with Crippen LogP contribution in [-0.4, -0.2) is 40.3 Å². The highest BCUT2D eigenvalue weighted by Crippen LogP contribution is 2.51. The van der Waals surface area contributed by atoms with Crippen LogP contribution in [0, 0.1) is 5.41 Å². The summed E-state index contributed by atoms with van der Waals surface area (Å²) < 4.78 is 0. The highest BCUT2D eigenvalue weighted by atomic mass is 16.2. The molecule has 5 nitrogen and oxygen atoms in total. The van der Waals surface area contributed by atoms with Gasteiger partial charge in [0.25, 0.3) is 0 Å². The van der Waals surface area contributed by atoms with Gasteiger partial charge in [-0.15, -0.1) is 0 Å². The molecule has 1 N–H and O–H groups in total. The molecule has 2 aliphatic heterocycles. The molecule has 1 aromatic carbocycles. The van der Waals surface area contributed by atoms with Gasteiger partial charge in [0.15, 0.2) is 0 Å². The number of aromatic nitrogens is 1. The molecular weight excluding hydrogens is 350 g/mol. The van der Waals surface area contributed by atoms with Crippen LogP contribution in [0.2, 0.25) is 0 Å². The number of pyridine rings is 1. The summed E-state index contributed by atoms with van der Waals surface area (Å²) in [6.07, 6.45) is 7.68. The minimum absolute atomic E-state index is 0.00358. The third kappa shape index (κ3) is 3.41. The summed E-state index contributed by atoms with van der Waals surface area (Å²) in [5.74, 6) is 0.177. The molecule has 0 aliphatic carbocycles. The number of nitrogens with one attached hydrogen (secondary N) is 1. The second-order valence-corrected chi connectivity index (χ2v) is 8.06. The van der Waals surface area contributed by atoms with E-state index >= 15 is 0 Å². The molecule has 2 saturated heterocycles. The van der Waals surface area contributed by atoms with Crippen LogP contribution in [0.4, 0.5) is 0 Å². The Hall–Kier alpha value is -2.69. The maximum absolute atomic E-state index is 13.5. The van der Waals surface area contributed by atoms with E-state index in [-0.39, 0.29) is 23.9 Å². The van der Waals surface area contributed by atoms with E-state index < -0.39 is 5.41 Å². The van der Waals surface area contributed by atoms with Gasteiger partial charge < -0.3 is 10.2 Å². The average molecular weight is 377 g/mol. The van der Waals surface area contributed by atoms with Crippen LogP contribution < -0.4 is 5.32 Å². The van der Waals surface area contributed by atoms with Gasteiger partial charge in [0.2, 0.25) is 11.8 Å². The van der Waals surface area contributed by atoms with Gasteiger partial charge in [-0.2, -0.15) is 0 Å². The van der Waals surface area contributed by atoms with E-state index in [4.69, 9.17) is 0 Å². The van der Waals surface area contributed by atoms with E-state index in [1.54, 1.807) is 19.3 Å². The van der Waals surface area contributed by atoms with E-state index in [9.17, 15) is 9.59 Å². The van der Waals surface area contributed by atoms with Gasteiger partial charge in [0.05, 0.1) is 5.41 Å². The zero-order valence-electron chi connectivity index (χ0n) is 16.3. The zero-order chi connectivity index (χ0) is 19.6. The monoisotopic (exact) mass is 377 g/mol. The highest BCUT2D eigenvalue weighted by molar-refractivity contribution is 5.87. The number of amides is 2. The van der Waals surface area contributed by atoms with Gasteiger partial charge in [-0.3, -0.25) is 14.6 Å². The molecule has 146 valence electrons. The molecule has 2 bridgehead atoms. The van der Waals surface area contributed by atoms with E-state index in [1.807, 2.05) is 35.2 Å². The Bertz CT molecular complexity index is 839. The lowest BCUT2D eigenvalue weighted by Gasteiger charge is -2.36. The number of fused-ring (bicyclic) bond motifs is 2. The average Bonchev–Trinajstić information content (AvgIpc) is 3.26. The van der Waals surface area contributed by atoms with Crippen molar-refractivity contribution >= 4 is 11.8 Å². The summed E-state index contributed by atoms with van der Waals surface area (Å²) in [7, 11) is 0. The van der Waals surface area contributed by atoms with Gasteiger partial charge >= 0.3 is 0 Å².